The second-order valence-corrected chi connectivity index (χ2v) is 6.38. The lowest BCUT2D eigenvalue weighted by Crippen LogP contribution is -2.17. The number of hydrogen-bond donors (Lipinski definition) is 0. The van der Waals surface area contributed by atoms with Crippen molar-refractivity contribution in [1.82, 2.24) is 14.8 Å². The van der Waals surface area contributed by atoms with Crippen molar-refractivity contribution in [2.45, 2.75) is 53.1 Å². The highest BCUT2D eigenvalue weighted by Gasteiger charge is 2.09. The summed E-state index contributed by atoms with van der Waals surface area (Å²) in [5.74, 6) is 1.46. The minimum Gasteiger partial charge on any atom is -0.491 e. The highest BCUT2D eigenvalue weighted by Crippen LogP contribution is 2.24. The third kappa shape index (κ3) is 5.99. The Morgan fingerprint density at radius 2 is 1.84 bits per heavy atom. The van der Waals surface area contributed by atoms with E-state index in [9.17, 15) is 0 Å². The summed E-state index contributed by atoms with van der Waals surface area (Å²) in [5, 5.41) is 4.48. The van der Waals surface area contributed by atoms with Crippen LogP contribution in [0, 0.1) is 6.92 Å². The minimum absolute atomic E-state index is 0.0765. The summed E-state index contributed by atoms with van der Waals surface area (Å²) in [5.41, 5.74) is 2.02. The average Bonchev–Trinajstić information content (AvgIpc) is 2.98. The molecule has 0 spiro atoms. The van der Waals surface area contributed by atoms with E-state index >= 15 is 0 Å². The van der Waals surface area contributed by atoms with Crippen LogP contribution in [0.2, 0.25) is 0 Å². The quantitative estimate of drug-likeness (QED) is 0.679. The first-order valence-corrected chi connectivity index (χ1v) is 8.44. The maximum atomic E-state index is 5.79. The molecule has 0 aliphatic heterocycles. The molecule has 6 nitrogen and oxygen atoms in total. The molecule has 0 aliphatic rings. The lowest BCUT2D eigenvalue weighted by Gasteiger charge is -2.14. The Labute approximate surface area is 149 Å². The highest BCUT2D eigenvalue weighted by atomic mass is 16.7. The van der Waals surface area contributed by atoms with Gasteiger partial charge in [0.15, 0.2) is 12.1 Å². The summed E-state index contributed by atoms with van der Waals surface area (Å²) in [6, 6.07) is 6.00. The van der Waals surface area contributed by atoms with Gasteiger partial charge < -0.3 is 14.2 Å². The Morgan fingerprint density at radius 3 is 2.48 bits per heavy atom. The molecular weight excluding hydrogens is 318 g/mol. The van der Waals surface area contributed by atoms with E-state index in [0.717, 1.165) is 16.9 Å². The first kappa shape index (κ1) is 19.1. The third-order valence-corrected chi connectivity index (χ3v) is 3.22. The van der Waals surface area contributed by atoms with Gasteiger partial charge in [-0.1, -0.05) is 0 Å². The molecule has 2 aromatic rings. The summed E-state index contributed by atoms with van der Waals surface area (Å²) in [6.45, 7) is 9.96. The number of ether oxygens (including phenoxy) is 3. The SMILES string of the molecule is COC(/C=C\n1cnc(-c2cc(C)cc(OC(C)C)c2)n1)OC(C)C. The molecule has 6 heteroatoms. The molecule has 0 saturated carbocycles. The van der Waals surface area contributed by atoms with E-state index in [-0.39, 0.29) is 12.2 Å². The first-order chi connectivity index (χ1) is 11.9. The van der Waals surface area contributed by atoms with Crippen LogP contribution in [0.1, 0.15) is 33.3 Å². The maximum absolute atomic E-state index is 5.79. The van der Waals surface area contributed by atoms with Crippen LogP contribution in [0.4, 0.5) is 0 Å². The van der Waals surface area contributed by atoms with Crippen molar-refractivity contribution in [2.24, 2.45) is 0 Å². The molecule has 0 saturated heterocycles. The van der Waals surface area contributed by atoms with E-state index in [1.54, 1.807) is 30.4 Å². The topological polar surface area (TPSA) is 58.4 Å². The number of nitrogens with zero attached hydrogens (tertiary/aromatic N) is 3. The number of aryl methyl sites for hydroxylation is 1. The van der Waals surface area contributed by atoms with Gasteiger partial charge in [-0.2, -0.15) is 0 Å². The first-order valence-electron chi connectivity index (χ1n) is 8.44. The Bertz CT molecular complexity index is 708. The van der Waals surface area contributed by atoms with Gasteiger partial charge in [0, 0.05) is 18.9 Å². The largest absolute Gasteiger partial charge is 0.491 e. The van der Waals surface area contributed by atoms with Gasteiger partial charge in [0.1, 0.15) is 12.1 Å². The summed E-state index contributed by atoms with van der Waals surface area (Å²) >= 11 is 0. The zero-order valence-electron chi connectivity index (χ0n) is 15.8. The average molecular weight is 345 g/mol. The number of rotatable bonds is 8. The zero-order chi connectivity index (χ0) is 18.4. The van der Waals surface area contributed by atoms with Gasteiger partial charge in [-0.05, 0) is 64.5 Å². The van der Waals surface area contributed by atoms with Crippen LogP contribution in [-0.4, -0.2) is 40.4 Å². The molecule has 1 aromatic carbocycles. The number of hydrogen-bond acceptors (Lipinski definition) is 5. The van der Waals surface area contributed by atoms with Gasteiger partial charge in [-0.15, -0.1) is 5.10 Å². The Hall–Kier alpha value is -2.18. The van der Waals surface area contributed by atoms with Crippen LogP contribution in [0.3, 0.4) is 0 Å². The fraction of sp³-hybridized carbons (Fsp3) is 0.474. The van der Waals surface area contributed by atoms with Gasteiger partial charge in [0.05, 0.1) is 12.2 Å². The van der Waals surface area contributed by atoms with Gasteiger partial charge in [-0.3, -0.25) is 0 Å². The number of aromatic nitrogens is 3. The smallest absolute Gasteiger partial charge is 0.181 e. The van der Waals surface area contributed by atoms with E-state index in [1.165, 1.54) is 0 Å². The predicted molar refractivity (Wildman–Crippen MR) is 98.3 cm³/mol. The second kappa shape index (κ2) is 8.78. The Morgan fingerprint density at radius 1 is 1.08 bits per heavy atom. The van der Waals surface area contributed by atoms with E-state index < -0.39 is 6.29 Å². The highest BCUT2D eigenvalue weighted by molar-refractivity contribution is 5.59. The van der Waals surface area contributed by atoms with Crippen LogP contribution < -0.4 is 4.74 Å². The lowest BCUT2D eigenvalue weighted by molar-refractivity contribution is -0.115. The molecule has 0 N–H and O–H groups in total. The molecule has 0 fully saturated rings. The van der Waals surface area contributed by atoms with Crippen molar-refractivity contribution >= 4 is 6.20 Å². The normalized spacial score (nSPS) is 13.1. The van der Waals surface area contributed by atoms with Gasteiger partial charge >= 0.3 is 0 Å². The van der Waals surface area contributed by atoms with Gasteiger partial charge in [0.2, 0.25) is 0 Å². The fourth-order valence-corrected chi connectivity index (χ4v) is 2.30. The summed E-state index contributed by atoms with van der Waals surface area (Å²) < 4.78 is 18.3. The minimum atomic E-state index is -0.419. The lowest BCUT2D eigenvalue weighted by atomic mass is 10.1. The van der Waals surface area contributed by atoms with Crippen LogP contribution in [0.25, 0.3) is 17.6 Å². The molecule has 0 aliphatic carbocycles. The van der Waals surface area contributed by atoms with Gasteiger partial charge in [0.25, 0.3) is 0 Å². The molecule has 0 amide bonds. The molecule has 1 aromatic heterocycles. The monoisotopic (exact) mass is 345 g/mol. The molecule has 0 radical (unpaired) electrons. The van der Waals surface area contributed by atoms with Crippen molar-refractivity contribution < 1.29 is 14.2 Å². The van der Waals surface area contributed by atoms with Crippen LogP contribution >= 0.6 is 0 Å². The molecule has 25 heavy (non-hydrogen) atoms. The molecule has 1 unspecified atom stereocenters. The van der Waals surface area contributed by atoms with Crippen molar-refractivity contribution in [2.75, 3.05) is 7.11 Å². The van der Waals surface area contributed by atoms with Crippen LogP contribution in [-0.2, 0) is 9.47 Å². The summed E-state index contributed by atoms with van der Waals surface area (Å²) in [7, 11) is 1.60. The molecule has 1 heterocycles. The van der Waals surface area contributed by atoms with Crippen LogP contribution in [0.5, 0.6) is 5.75 Å². The second-order valence-electron chi connectivity index (χ2n) is 6.38. The van der Waals surface area contributed by atoms with Crippen LogP contribution in [0.15, 0.2) is 30.6 Å². The molecule has 0 bridgehead atoms. The Balaban J connectivity index is 2.16. The summed E-state index contributed by atoms with van der Waals surface area (Å²) in [4.78, 5) is 4.38. The maximum Gasteiger partial charge on any atom is 0.181 e. The third-order valence-electron chi connectivity index (χ3n) is 3.22. The van der Waals surface area contributed by atoms with Crippen molar-refractivity contribution in [3.63, 3.8) is 0 Å². The number of methoxy groups -OCH3 is 1. The number of benzene rings is 1. The molecule has 136 valence electrons. The van der Waals surface area contributed by atoms with E-state index in [1.807, 2.05) is 52.8 Å². The molecular formula is C19H27N3O3. The molecule has 2 rings (SSSR count). The summed E-state index contributed by atoms with van der Waals surface area (Å²) in [6.07, 6.45) is 5.00. The van der Waals surface area contributed by atoms with Crippen molar-refractivity contribution in [1.29, 1.82) is 0 Å². The van der Waals surface area contributed by atoms with E-state index in [0.29, 0.717) is 5.82 Å². The van der Waals surface area contributed by atoms with E-state index in [2.05, 4.69) is 10.1 Å². The van der Waals surface area contributed by atoms with Gasteiger partial charge in [-0.25, -0.2) is 9.67 Å². The molecule has 1 atom stereocenters. The van der Waals surface area contributed by atoms with Crippen molar-refractivity contribution in [3.8, 4) is 17.1 Å². The standard InChI is InChI=1S/C19H27N3O3/c1-13(2)24-17-10-15(5)9-16(11-17)19-20-12-22(21-19)8-7-18(23-6)25-14(3)4/h7-14,18H,1-6H3/b8-7-. The zero-order valence-corrected chi connectivity index (χ0v) is 15.8. The Kier molecular flexibility index (Phi) is 6.73. The predicted octanol–water partition coefficient (Wildman–Crippen LogP) is 3.91. The fourth-order valence-electron chi connectivity index (χ4n) is 2.30. The van der Waals surface area contributed by atoms with Crippen molar-refractivity contribution in [3.05, 3.63) is 36.2 Å². The van der Waals surface area contributed by atoms with E-state index in [4.69, 9.17) is 14.2 Å².